The van der Waals surface area contributed by atoms with Crippen LogP contribution in [0.4, 0.5) is 5.82 Å². The summed E-state index contributed by atoms with van der Waals surface area (Å²) in [6.07, 6.45) is 3.73. The zero-order valence-corrected chi connectivity index (χ0v) is 7.38. The van der Waals surface area contributed by atoms with Crippen LogP contribution in [0, 0.1) is 10.1 Å². The van der Waals surface area contributed by atoms with Crippen molar-refractivity contribution in [2.24, 2.45) is 12.8 Å². The molecule has 14 heavy (non-hydrogen) atoms. The maximum Gasteiger partial charge on any atom is 0.397 e. The van der Waals surface area contributed by atoms with Crippen LogP contribution in [0.5, 0.6) is 0 Å². The van der Waals surface area contributed by atoms with E-state index in [0.29, 0.717) is 0 Å². The number of amides is 1. The molecule has 0 bridgehead atoms. The molecule has 1 amide bonds. The predicted molar refractivity (Wildman–Crippen MR) is 48.1 cm³/mol. The normalized spacial score (nSPS) is 10.6. The van der Waals surface area contributed by atoms with Crippen molar-refractivity contribution >= 4 is 17.8 Å². The molecule has 2 N–H and O–H groups in total. The van der Waals surface area contributed by atoms with Crippen LogP contribution < -0.4 is 5.73 Å². The van der Waals surface area contributed by atoms with Crippen LogP contribution in [-0.2, 0) is 11.8 Å². The zero-order valence-electron chi connectivity index (χ0n) is 7.38. The van der Waals surface area contributed by atoms with Gasteiger partial charge in [0, 0.05) is 6.08 Å². The topological polar surface area (TPSA) is 104 Å². The Morgan fingerprint density at radius 3 is 2.93 bits per heavy atom. The third-order valence-electron chi connectivity index (χ3n) is 1.44. The van der Waals surface area contributed by atoms with Crippen LogP contribution in [0.15, 0.2) is 12.3 Å². The smallest absolute Gasteiger partial charge is 0.366 e. The zero-order chi connectivity index (χ0) is 10.7. The molecule has 0 aliphatic heterocycles. The largest absolute Gasteiger partial charge is 0.397 e. The van der Waals surface area contributed by atoms with Crippen LogP contribution in [0.3, 0.4) is 0 Å². The fourth-order valence-electron chi connectivity index (χ4n) is 0.926. The summed E-state index contributed by atoms with van der Waals surface area (Å²) in [5.74, 6) is -0.965. The van der Waals surface area contributed by atoms with Gasteiger partial charge >= 0.3 is 5.82 Å². The van der Waals surface area contributed by atoms with Gasteiger partial charge in [0.05, 0.1) is 23.9 Å². The van der Waals surface area contributed by atoms with E-state index >= 15 is 0 Å². The number of aromatic nitrogens is 2. The van der Waals surface area contributed by atoms with Gasteiger partial charge in [0.1, 0.15) is 0 Å². The first-order chi connectivity index (χ1) is 6.50. The molecule has 0 saturated carbocycles. The van der Waals surface area contributed by atoms with E-state index in [2.05, 4.69) is 5.10 Å². The third kappa shape index (κ3) is 2.16. The Bertz CT molecular complexity index is 407. The molecule has 0 spiro atoms. The molecule has 0 atom stereocenters. The van der Waals surface area contributed by atoms with Gasteiger partial charge in [-0.25, -0.2) is 0 Å². The molecule has 0 aromatic carbocycles. The number of hydrogen-bond donors (Lipinski definition) is 1. The third-order valence-corrected chi connectivity index (χ3v) is 1.44. The number of rotatable bonds is 3. The van der Waals surface area contributed by atoms with Gasteiger partial charge in [0.2, 0.25) is 5.91 Å². The Morgan fingerprint density at radius 1 is 1.79 bits per heavy atom. The van der Waals surface area contributed by atoms with Crippen molar-refractivity contribution in [1.29, 1.82) is 0 Å². The number of nitrogens with two attached hydrogens (primary N) is 1. The Balaban J connectivity index is 3.07. The highest BCUT2D eigenvalue weighted by Gasteiger charge is 2.16. The monoisotopic (exact) mass is 196 g/mol. The second kappa shape index (κ2) is 3.69. The molecule has 0 unspecified atom stereocenters. The van der Waals surface area contributed by atoms with Gasteiger partial charge in [-0.05, 0) is 11.0 Å². The molecule has 1 heterocycles. The van der Waals surface area contributed by atoms with E-state index in [1.807, 2.05) is 0 Å². The van der Waals surface area contributed by atoms with Crippen LogP contribution in [0.1, 0.15) is 5.56 Å². The van der Waals surface area contributed by atoms with Gasteiger partial charge in [-0.3, -0.25) is 4.79 Å². The van der Waals surface area contributed by atoms with Gasteiger partial charge in [-0.2, -0.15) is 4.68 Å². The summed E-state index contributed by atoms with van der Waals surface area (Å²) in [5, 5.41) is 14.1. The molecule has 0 fully saturated rings. The van der Waals surface area contributed by atoms with E-state index in [-0.39, 0.29) is 11.4 Å². The number of nitrogens with zero attached hydrogens (tertiary/aromatic N) is 3. The average Bonchev–Trinajstić information content (AvgIpc) is 2.43. The van der Waals surface area contributed by atoms with Gasteiger partial charge in [-0.15, -0.1) is 0 Å². The Morgan fingerprint density at radius 2 is 2.43 bits per heavy atom. The summed E-state index contributed by atoms with van der Waals surface area (Å²) < 4.78 is 1.29. The Labute approximate surface area is 79.0 Å². The van der Waals surface area contributed by atoms with Gasteiger partial charge in [-0.1, -0.05) is 0 Å². The van der Waals surface area contributed by atoms with E-state index in [4.69, 9.17) is 5.73 Å². The molecule has 0 aliphatic rings. The Kier molecular flexibility index (Phi) is 2.61. The standard InChI is InChI=1S/C7H8N4O3/c1-10-4-5(2-3-6(8)12)7(9-10)11(13)14/h2-4H,1H3,(H2,8,12)/b3-2+. The lowest BCUT2D eigenvalue weighted by molar-refractivity contribution is -0.390. The maximum atomic E-state index is 10.5. The molecular formula is C7H8N4O3. The molecule has 0 radical (unpaired) electrons. The minimum absolute atomic E-state index is 0.247. The summed E-state index contributed by atoms with van der Waals surface area (Å²) in [4.78, 5) is 20.2. The van der Waals surface area contributed by atoms with E-state index in [1.165, 1.54) is 17.0 Å². The minimum atomic E-state index is -0.664. The van der Waals surface area contributed by atoms with Crippen molar-refractivity contribution in [2.45, 2.75) is 0 Å². The summed E-state index contributed by atoms with van der Waals surface area (Å²) in [6, 6.07) is 0. The van der Waals surface area contributed by atoms with Crippen LogP contribution in [-0.4, -0.2) is 20.6 Å². The summed E-state index contributed by atoms with van der Waals surface area (Å²) in [6.45, 7) is 0. The van der Waals surface area contributed by atoms with Crippen molar-refractivity contribution in [3.05, 3.63) is 28.0 Å². The number of primary amides is 1. The van der Waals surface area contributed by atoms with E-state index in [9.17, 15) is 14.9 Å². The molecular weight excluding hydrogens is 188 g/mol. The predicted octanol–water partition coefficient (Wildman–Crippen LogP) is -0.173. The average molecular weight is 196 g/mol. The SMILES string of the molecule is Cn1cc(/C=C/C(N)=O)c([N+](=O)[O-])n1. The molecule has 1 rings (SSSR count). The fraction of sp³-hybridized carbons (Fsp3) is 0.143. The van der Waals surface area contributed by atoms with E-state index in [0.717, 1.165) is 6.08 Å². The van der Waals surface area contributed by atoms with Crippen molar-refractivity contribution in [2.75, 3.05) is 0 Å². The second-order valence-electron chi connectivity index (χ2n) is 2.57. The summed E-state index contributed by atoms with van der Waals surface area (Å²) >= 11 is 0. The first kappa shape index (κ1) is 9.90. The van der Waals surface area contributed by atoms with Crippen molar-refractivity contribution in [3.8, 4) is 0 Å². The number of hydrogen-bond acceptors (Lipinski definition) is 4. The highest BCUT2D eigenvalue weighted by Crippen LogP contribution is 2.16. The number of carbonyl (C=O) groups is 1. The first-order valence-electron chi connectivity index (χ1n) is 3.66. The lowest BCUT2D eigenvalue weighted by atomic mass is 10.3. The summed E-state index contributed by atoms with van der Waals surface area (Å²) in [7, 11) is 1.55. The molecule has 1 aromatic heterocycles. The minimum Gasteiger partial charge on any atom is -0.366 e. The molecule has 1 aromatic rings. The van der Waals surface area contributed by atoms with Crippen LogP contribution in [0.25, 0.3) is 6.08 Å². The van der Waals surface area contributed by atoms with Crippen LogP contribution >= 0.6 is 0 Å². The van der Waals surface area contributed by atoms with Crippen molar-refractivity contribution in [3.63, 3.8) is 0 Å². The van der Waals surface area contributed by atoms with Gasteiger partial charge in [0.15, 0.2) is 0 Å². The molecule has 7 heteroatoms. The van der Waals surface area contributed by atoms with Crippen molar-refractivity contribution < 1.29 is 9.72 Å². The molecule has 0 saturated heterocycles. The number of carbonyl (C=O) groups excluding carboxylic acids is 1. The molecule has 74 valence electrons. The Hall–Kier alpha value is -2.18. The quantitative estimate of drug-likeness (QED) is 0.411. The van der Waals surface area contributed by atoms with Gasteiger partial charge in [0.25, 0.3) is 0 Å². The second-order valence-corrected chi connectivity index (χ2v) is 2.57. The molecule has 0 aliphatic carbocycles. The highest BCUT2D eigenvalue weighted by molar-refractivity contribution is 5.90. The van der Waals surface area contributed by atoms with Gasteiger partial charge < -0.3 is 15.8 Å². The lowest BCUT2D eigenvalue weighted by Crippen LogP contribution is -2.05. The highest BCUT2D eigenvalue weighted by atomic mass is 16.6. The van der Waals surface area contributed by atoms with E-state index < -0.39 is 10.8 Å². The first-order valence-corrected chi connectivity index (χ1v) is 3.66. The summed E-state index contributed by atoms with van der Waals surface area (Å²) in [5.41, 5.74) is 5.10. The van der Waals surface area contributed by atoms with E-state index in [1.54, 1.807) is 7.05 Å². The number of aryl methyl sites for hydroxylation is 1. The lowest BCUT2D eigenvalue weighted by Gasteiger charge is -1.87. The maximum absolute atomic E-state index is 10.5. The number of nitro groups is 1. The van der Waals surface area contributed by atoms with Crippen molar-refractivity contribution in [1.82, 2.24) is 9.78 Å². The fourth-order valence-corrected chi connectivity index (χ4v) is 0.926. The van der Waals surface area contributed by atoms with Crippen LogP contribution in [0.2, 0.25) is 0 Å². The molecule has 7 nitrogen and oxygen atoms in total.